The molecule has 2 heterocycles. The molecule has 1 fully saturated rings. The van der Waals surface area contributed by atoms with E-state index in [9.17, 15) is 5.11 Å². The van der Waals surface area contributed by atoms with Gasteiger partial charge in [-0.15, -0.1) is 0 Å². The van der Waals surface area contributed by atoms with Gasteiger partial charge < -0.3 is 23.9 Å². The highest BCUT2D eigenvalue weighted by Gasteiger charge is 2.18. The van der Waals surface area contributed by atoms with Gasteiger partial charge >= 0.3 is 0 Å². The largest absolute Gasteiger partial charge is 0.467 e. The SMILES string of the molecule is CN(CC(O)COCc1ccco1)CC1CCCO1. The summed E-state index contributed by atoms with van der Waals surface area (Å²) in [6, 6.07) is 3.68. The van der Waals surface area contributed by atoms with E-state index in [0.29, 0.717) is 25.9 Å². The van der Waals surface area contributed by atoms with Gasteiger partial charge in [-0.2, -0.15) is 0 Å². The molecule has 0 aliphatic carbocycles. The van der Waals surface area contributed by atoms with Crippen LogP contribution < -0.4 is 0 Å². The lowest BCUT2D eigenvalue weighted by Gasteiger charge is -2.23. The van der Waals surface area contributed by atoms with E-state index in [0.717, 1.165) is 31.8 Å². The highest BCUT2D eigenvalue weighted by Crippen LogP contribution is 2.12. The Morgan fingerprint density at radius 2 is 2.47 bits per heavy atom. The van der Waals surface area contributed by atoms with Crippen LogP contribution in [0.3, 0.4) is 0 Å². The first-order valence-corrected chi connectivity index (χ1v) is 6.82. The summed E-state index contributed by atoms with van der Waals surface area (Å²) in [6.07, 6.45) is 3.72. The van der Waals surface area contributed by atoms with Crippen molar-refractivity contribution < 1.29 is 19.0 Å². The third-order valence-corrected chi connectivity index (χ3v) is 3.20. The van der Waals surface area contributed by atoms with Crippen LogP contribution in [0.4, 0.5) is 0 Å². The first-order chi connectivity index (χ1) is 9.24. The maximum Gasteiger partial charge on any atom is 0.129 e. The minimum atomic E-state index is -0.485. The molecule has 0 bridgehead atoms. The van der Waals surface area contributed by atoms with Gasteiger partial charge in [-0.05, 0) is 32.0 Å². The van der Waals surface area contributed by atoms with Gasteiger partial charge in [0.15, 0.2) is 0 Å². The van der Waals surface area contributed by atoms with Gasteiger partial charge in [-0.1, -0.05) is 0 Å². The molecule has 5 nitrogen and oxygen atoms in total. The lowest BCUT2D eigenvalue weighted by molar-refractivity contribution is 0.000634. The molecule has 108 valence electrons. The Balaban J connectivity index is 1.56. The first kappa shape index (κ1) is 14.5. The first-order valence-electron chi connectivity index (χ1n) is 6.82. The Hall–Kier alpha value is -0.880. The van der Waals surface area contributed by atoms with Gasteiger partial charge in [-0.3, -0.25) is 0 Å². The van der Waals surface area contributed by atoms with Crippen molar-refractivity contribution in [2.75, 3.05) is 33.4 Å². The van der Waals surface area contributed by atoms with Crippen molar-refractivity contribution in [2.45, 2.75) is 31.7 Å². The third kappa shape index (κ3) is 5.32. The molecular formula is C14H23NO4. The van der Waals surface area contributed by atoms with Gasteiger partial charge in [0, 0.05) is 19.7 Å². The number of ether oxygens (including phenoxy) is 2. The third-order valence-electron chi connectivity index (χ3n) is 3.20. The summed E-state index contributed by atoms with van der Waals surface area (Å²) in [5, 5.41) is 9.88. The summed E-state index contributed by atoms with van der Waals surface area (Å²) in [5.41, 5.74) is 0. The van der Waals surface area contributed by atoms with Crippen molar-refractivity contribution in [2.24, 2.45) is 0 Å². The van der Waals surface area contributed by atoms with Crippen LogP contribution in [0.25, 0.3) is 0 Å². The van der Waals surface area contributed by atoms with Gasteiger partial charge in [0.25, 0.3) is 0 Å². The van der Waals surface area contributed by atoms with Crippen molar-refractivity contribution in [3.8, 4) is 0 Å². The summed E-state index contributed by atoms with van der Waals surface area (Å²) in [5.74, 6) is 0.778. The Kier molecular flexibility index (Phi) is 5.85. The van der Waals surface area contributed by atoms with Crippen molar-refractivity contribution in [3.05, 3.63) is 24.2 Å². The second kappa shape index (κ2) is 7.65. The van der Waals surface area contributed by atoms with Crippen LogP contribution in [0.2, 0.25) is 0 Å². The van der Waals surface area contributed by atoms with Crippen LogP contribution in [0.5, 0.6) is 0 Å². The average molecular weight is 269 g/mol. The average Bonchev–Trinajstić information content (AvgIpc) is 3.01. The molecule has 1 N–H and O–H groups in total. The van der Waals surface area contributed by atoms with Crippen molar-refractivity contribution in [1.29, 1.82) is 0 Å². The number of nitrogens with zero attached hydrogens (tertiary/aromatic N) is 1. The number of hydrogen-bond donors (Lipinski definition) is 1. The second-order valence-electron chi connectivity index (χ2n) is 5.10. The minimum Gasteiger partial charge on any atom is -0.467 e. The van der Waals surface area contributed by atoms with Gasteiger partial charge in [0.1, 0.15) is 12.4 Å². The van der Waals surface area contributed by atoms with E-state index in [2.05, 4.69) is 4.90 Å². The fourth-order valence-electron chi connectivity index (χ4n) is 2.31. The smallest absolute Gasteiger partial charge is 0.129 e. The maximum atomic E-state index is 9.88. The molecule has 2 unspecified atom stereocenters. The summed E-state index contributed by atoms with van der Waals surface area (Å²) in [4.78, 5) is 2.09. The molecular weight excluding hydrogens is 246 g/mol. The predicted molar refractivity (Wildman–Crippen MR) is 70.8 cm³/mol. The molecule has 1 saturated heterocycles. The Labute approximate surface area is 114 Å². The van der Waals surface area contributed by atoms with Crippen molar-refractivity contribution in [3.63, 3.8) is 0 Å². The number of likely N-dealkylation sites (N-methyl/N-ethyl adjacent to an activating group) is 1. The molecule has 5 heteroatoms. The zero-order valence-electron chi connectivity index (χ0n) is 11.5. The fourth-order valence-corrected chi connectivity index (χ4v) is 2.31. The molecule has 0 radical (unpaired) electrons. The van der Waals surface area contributed by atoms with Gasteiger partial charge in [0.05, 0.1) is 25.1 Å². The monoisotopic (exact) mass is 269 g/mol. The van der Waals surface area contributed by atoms with E-state index in [1.807, 2.05) is 19.2 Å². The molecule has 19 heavy (non-hydrogen) atoms. The minimum absolute atomic E-state index is 0.316. The summed E-state index contributed by atoms with van der Waals surface area (Å²) in [6.45, 7) is 3.05. The molecule has 1 aromatic rings. The van der Waals surface area contributed by atoms with Gasteiger partial charge in [0.2, 0.25) is 0 Å². The zero-order valence-corrected chi connectivity index (χ0v) is 11.5. The molecule has 0 amide bonds. The van der Waals surface area contributed by atoms with Crippen molar-refractivity contribution >= 4 is 0 Å². The molecule has 2 atom stereocenters. The van der Waals surface area contributed by atoms with E-state index in [4.69, 9.17) is 13.9 Å². The number of aliphatic hydroxyl groups excluding tert-OH is 1. The molecule has 0 aromatic carbocycles. The fraction of sp³-hybridized carbons (Fsp3) is 0.714. The summed E-state index contributed by atoms with van der Waals surface area (Å²) < 4.78 is 16.1. The highest BCUT2D eigenvalue weighted by atomic mass is 16.5. The highest BCUT2D eigenvalue weighted by molar-refractivity contribution is 4.96. The maximum absolute atomic E-state index is 9.88. The molecule has 0 saturated carbocycles. The number of hydrogen-bond acceptors (Lipinski definition) is 5. The Morgan fingerprint density at radius 3 is 3.16 bits per heavy atom. The molecule has 2 rings (SSSR count). The van der Waals surface area contributed by atoms with E-state index in [-0.39, 0.29) is 0 Å². The van der Waals surface area contributed by atoms with E-state index in [1.54, 1.807) is 6.26 Å². The summed E-state index contributed by atoms with van der Waals surface area (Å²) in [7, 11) is 2.00. The van der Waals surface area contributed by atoms with Crippen LogP contribution in [0.15, 0.2) is 22.8 Å². The lowest BCUT2D eigenvalue weighted by atomic mass is 10.2. The Morgan fingerprint density at radius 1 is 1.58 bits per heavy atom. The lowest BCUT2D eigenvalue weighted by Crippen LogP contribution is -2.36. The van der Waals surface area contributed by atoms with E-state index in [1.165, 1.54) is 0 Å². The van der Waals surface area contributed by atoms with Crippen LogP contribution in [-0.4, -0.2) is 55.6 Å². The second-order valence-corrected chi connectivity index (χ2v) is 5.10. The van der Waals surface area contributed by atoms with E-state index >= 15 is 0 Å². The van der Waals surface area contributed by atoms with E-state index < -0.39 is 6.10 Å². The zero-order chi connectivity index (χ0) is 13.5. The van der Waals surface area contributed by atoms with Crippen LogP contribution in [0, 0.1) is 0 Å². The molecule has 1 aliphatic heterocycles. The molecule has 1 aromatic heterocycles. The quantitative estimate of drug-likeness (QED) is 0.770. The number of aliphatic hydroxyl groups is 1. The van der Waals surface area contributed by atoms with Crippen LogP contribution in [0.1, 0.15) is 18.6 Å². The molecule has 1 aliphatic rings. The molecule has 0 spiro atoms. The predicted octanol–water partition coefficient (Wildman–Crippen LogP) is 1.27. The van der Waals surface area contributed by atoms with Crippen LogP contribution >= 0.6 is 0 Å². The van der Waals surface area contributed by atoms with Gasteiger partial charge in [-0.25, -0.2) is 0 Å². The normalized spacial score (nSPS) is 21.1. The van der Waals surface area contributed by atoms with Crippen molar-refractivity contribution in [1.82, 2.24) is 4.90 Å². The van der Waals surface area contributed by atoms with Crippen LogP contribution in [-0.2, 0) is 16.1 Å². The summed E-state index contributed by atoms with van der Waals surface area (Å²) >= 11 is 0. The number of furan rings is 1. The topological polar surface area (TPSA) is 55.1 Å². The Bertz CT molecular complexity index is 335. The number of rotatable bonds is 8. The standard InChI is InChI=1S/C14H23NO4/c1-15(9-13-4-2-6-18-13)8-12(16)10-17-11-14-5-3-7-19-14/h3,5,7,12-13,16H,2,4,6,8-11H2,1H3.